The van der Waals surface area contributed by atoms with E-state index in [1.54, 1.807) is 36.3 Å². The number of methoxy groups -OCH3 is 1. The van der Waals surface area contributed by atoms with Crippen LogP contribution >= 0.6 is 0 Å². The Labute approximate surface area is 178 Å². The maximum absolute atomic E-state index is 13.3. The Balaban J connectivity index is 1.67. The minimum Gasteiger partial charge on any atom is -0.502 e. The summed E-state index contributed by atoms with van der Waals surface area (Å²) in [6.07, 6.45) is -0.0176. The number of carbonyl (C=O) groups is 1. The molecular weight excluding hydrogens is 398 g/mol. The zero-order valence-corrected chi connectivity index (χ0v) is 16.8. The molecule has 0 aromatic heterocycles. The van der Waals surface area contributed by atoms with Crippen LogP contribution in [0.15, 0.2) is 66.7 Å². The molecule has 3 aromatic rings. The highest BCUT2D eigenvalue weighted by Crippen LogP contribution is 2.36. The molecule has 31 heavy (non-hydrogen) atoms. The second kappa shape index (κ2) is 8.35. The number of nitro benzene ring substituents is 1. The van der Waals surface area contributed by atoms with Crippen LogP contribution < -0.4 is 10.1 Å². The Morgan fingerprint density at radius 3 is 2.58 bits per heavy atom. The Kier molecular flexibility index (Phi) is 5.44. The number of nitrogens with one attached hydrogen (secondary N) is 1. The molecule has 0 radical (unpaired) electrons. The van der Waals surface area contributed by atoms with Crippen molar-refractivity contribution in [3.8, 4) is 11.5 Å². The molecule has 1 aliphatic heterocycles. The van der Waals surface area contributed by atoms with Crippen LogP contribution in [0.5, 0.6) is 11.5 Å². The number of phenols is 1. The molecule has 1 amide bonds. The van der Waals surface area contributed by atoms with Gasteiger partial charge < -0.3 is 20.1 Å². The number of nitro groups is 1. The summed E-state index contributed by atoms with van der Waals surface area (Å²) in [6, 6.07) is 18.9. The number of ether oxygens (including phenoxy) is 1. The molecular formula is C23H21N3O5. The molecule has 1 heterocycles. The van der Waals surface area contributed by atoms with Gasteiger partial charge >= 0.3 is 5.69 Å². The number of anilines is 1. The van der Waals surface area contributed by atoms with Crippen LogP contribution in [-0.4, -0.2) is 34.5 Å². The third-order valence-electron chi connectivity index (χ3n) is 5.33. The monoisotopic (exact) mass is 419 g/mol. The number of phenolic OH excluding ortho intramolecular Hbond substituents is 1. The number of carbonyl (C=O) groups excluding carboxylic acids is 1. The number of aromatic hydroxyl groups is 1. The lowest BCUT2D eigenvalue weighted by molar-refractivity contribution is -0.385. The number of fused-ring (bicyclic) bond motifs is 1. The van der Waals surface area contributed by atoms with Crippen molar-refractivity contribution in [1.82, 2.24) is 4.90 Å². The van der Waals surface area contributed by atoms with Gasteiger partial charge in [0.25, 0.3) is 5.91 Å². The van der Waals surface area contributed by atoms with E-state index in [9.17, 15) is 20.0 Å². The Hall–Kier alpha value is -4.07. The van der Waals surface area contributed by atoms with Crippen LogP contribution in [0.25, 0.3) is 0 Å². The molecule has 8 nitrogen and oxygen atoms in total. The van der Waals surface area contributed by atoms with Gasteiger partial charge in [-0.2, -0.15) is 0 Å². The molecule has 1 aliphatic rings. The Bertz CT molecular complexity index is 1130. The Morgan fingerprint density at radius 2 is 1.87 bits per heavy atom. The first-order chi connectivity index (χ1) is 15.0. The fourth-order valence-electron chi connectivity index (χ4n) is 3.69. The number of hydrogen-bond acceptors (Lipinski definition) is 6. The average molecular weight is 419 g/mol. The predicted molar refractivity (Wildman–Crippen MR) is 115 cm³/mol. The standard InChI is InChI=1S/C23H21N3O5/c1-31-17-9-6-15(7-10-17)12-13-25-22(16-8-11-21(27)20(14-16)26(29)30)24-19-5-3-2-4-18(19)23(25)28/h2-11,14,22,24,27H,12-13H2,1H3/t22-/m0/s1. The summed E-state index contributed by atoms with van der Waals surface area (Å²) >= 11 is 0. The lowest BCUT2D eigenvalue weighted by Gasteiger charge is -2.38. The molecule has 0 aliphatic carbocycles. The maximum atomic E-state index is 13.3. The summed E-state index contributed by atoms with van der Waals surface area (Å²) in [5.41, 5.74) is 2.35. The maximum Gasteiger partial charge on any atom is 0.311 e. The highest BCUT2D eigenvalue weighted by Gasteiger charge is 2.33. The number of hydrogen-bond donors (Lipinski definition) is 2. The van der Waals surface area contributed by atoms with Gasteiger partial charge in [-0.05, 0) is 42.3 Å². The van der Waals surface area contributed by atoms with Crippen LogP contribution in [0.2, 0.25) is 0 Å². The fourth-order valence-corrected chi connectivity index (χ4v) is 3.69. The summed E-state index contributed by atoms with van der Waals surface area (Å²) in [5, 5.41) is 24.4. The van der Waals surface area contributed by atoms with E-state index in [4.69, 9.17) is 4.74 Å². The van der Waals surface area contributed by atoms with Crippen molar-refractivity contribution in [2.45, 2.75) is 12.6 Å². The molecule has 0 saturated carbocycles. The summed E-state index contributed by atoms with van der Waals surface area (Å²) in [6.45, 7) is 0.395. The number of para-hydroxylation sites is 1. The van der Waals surface area contributed by atoms with Gasteiger partial charge in [0.15, 0.2) is 5.75 Å². The van der Waals surface area contributed by atoms with Gasteiger partial charge in [-0.1, -0.05) is 30.3 Å². The molecule has 0 unspecified atom stereocenters. The van der Waals surface area contributed by atoms with Gasteiger partial charge in [0.05, 0.1) is 17.6 Å². The normalized spacial score (nSPS) is 15.2. The van der Waals surface area contributed by atoms with Gasteiger partial charge in [0, 0.05) is 23.9 Å². The van der Waals surface area contributed by atoms with Crippen molar-refractivity contribution >= 4 is 17.3 Å². The van der Waals surface area contributed by atoms with Crippen LogP contribution in [0.1, 0.15) is 27.7 Å². The van der Waals surface area contributed by atoms with Crippen molar-refractivity contribution in [1.29, 1.82) is 0 Å². The zero-order valence-electron chi connectivity index (χ0n) is 16.8. The first-order valence-electron chi connectivity index (χ1n) is 9.74. The number of nitrogens with zero attached hydrogens (tertiary/aromatic N) is 2. The lowest BCUT2D eigenvalue weighted by atomic mass is 10.0. The number of benzene rings is 3. The number of rotatable bonds is 6. The van der Waals surface area contributed by atoms with Gasteiger partial charge in [0.1, 0.15) is 11.9 Å². The zero-order chi connectivity index (χ0) is 22.0. The third kappa shape index (κ3) is 4.00. The minimum absolute atomic E-state index is 0.163. The molecule has 0 bridgehead atoms. The van der Waals surface area contributed by atoms with E-state index in [1.807, 2.05) is 30.3 Å². The number of amides is 1. The molecule has 1 atom stereocenters. The molecule has 4 rings (SSSR count). The van der Waals surface area contributed by atoms with E-state index in [2.05, 4.69) is 5.32 Å². The van der Waals surface area contributed by atoms with E-state index < -0.39 is 22.5 Å². The van der Waals surface area contributed by atoms with Crippen LogP contribution in [-0.2, 0) is 6.42 Å². The van der Waals surface area contributed by atoms with Gasteiger partial charge in [-0.25, -0.2) is 0 Å². The van der Waals surface area contributed by atoms with E-state index in [0.29, 0.717) is 29.8 Å². The second-order valence-electron chi connectivity index (χ2n) is 7.19. The summed E-state index contributed by atoms with van der Waals surface area (Å²) in [7, 11) is 1.60. The smallest absolute Gasteiger partial charge is 0.311 e. The van der Waals surface area contributed by atoms with E-state index in [1.165, 1.54) is 12.1 Å². The molecule has 158 valence electrons. The van der Waals surface area contributed by atoms with Crippen molar-refractivity contribution in [2.24, 2.45) is 0 Å². The molecule has 0 saturated heterocycles. The quantitative estimate of drug-likeness (QED) is 0.460. The Morgan fingerprint density at radius 1 is 1.13 bits per heavy atom. The van der Waals surface area contributed by atoms with Gasteiger partial charge in [-0.15, -0.1) is 0 Å². The SMILES string of the molecule is COc1ccc(CCN2C(=O)c3ccccc3N[C@@H]2c2ccc(O)c([N+](=O)[O-])c2)cc1. The highest BCUT2D eigenvalue weighted by molar-refractivity contribution is 6.01. The molecule has 2 N–H and O–H groups in total. The van der Waals surface area contributed by atoms with Crippen molar-refractivity contribution in [3.05, 3.63) is 93.5 Å². The summed E-state index contributed by atoms with van der Waals surface area (Å²) < 4.78 is 5.18. The minimum atomic E-state index is -0.640. The van der Waals surface area contributed by atoms with E-state index in [-0.39, 0.29) is 5.91 Å². The van der Waals surface area contributed by atoms with Crippen LogP contribution in [0, 0.1) is 10.1 Å². The predicted octanol–water partition coefficient (Wildman–Crippen LogP) is 4.12. The summed E-state index contributed by atoms with van der Waals surface area (Å²) in [4.78, 5) is 25.6. The average Bonchev–Trinajstić information content (AvgIpc) is 2.79. The van der Waals surface area contributed by atoms with E-state index in [0.717, 1.165) is 11.3 Å². The molecule has 0 spiro atoms. The van der Waals surface area contributed by atoms with Crippen LogP contribution in [0.3, 0.4) is 0 Å². The largest absolute Gasteiger partial charge is 0.502 e. The first kappa shape index (κ1) is 20.2. The highest BCUT2D eigenvalue weighted by atomic mass is 16.6. The van der Waals surface area contributed by atoms with Crippen molar-refractivity contribution in [2.75, 3.05) is 19.0 Å². The van der Waals surface area contributed by atoms with Crippen molar-refractivity contribution < 1.29 is 19.6 Å². The molecule has 8 heteroatoms. The van der Waals surface area contributed by atoms with Gasteiger partial charge in [0.2, 0.25) is 0 Å². The van der Waals surface area contributed by atoms with Crippen LogP contribution in [0.4, 0.5) is 11.4 Å². The van der Waals surface area contributed by atoms with Gasteiger partial charge in [-0.3, -0.25) is 14.9 Å². The first-order valence-corrected chi connectivity index (χ1v) is 9.74. The van der Waals surface area contributed by atoms with Crippen molar-refractivity contribution in [3.63, 3.8) is 0 Å². The second-order valence-corrected chi connectivity index (χ2v) is 7.19. The molecule has 0 fully saturated rings. The third-order valence-corrected chi connectivity index (χ3v) is 5.33. The lowest BCUT2D eigenvalue weighted by Crippen LogP contribution is -2.44. The fraction of sp³-hybridized carbons (Fsp3) is 0.174. The molecule has 3 aromatic carbocycles. The summed E-state index contributed by atoms with van der Waals surface area (Å²) in [5.74, 6) is 0.173. The topological polar surface area (TPSA) is 105 Å². The van der Waals surface area contributed by atoms with E-state index >= 15 is 0 Å².